The van der Waals surface area contributed by atoms with Crippen LogP contribution in [0.5, 0.6) is 0 Å². The van der Waals surface area contributed by atoms with Crippen LogP contribution >= 0.6 is 7.60 Å². The molecule has 0 radical (unpaired) electrons. The van der Waals surface area contributed by atoms with E-state index in [0.717, 1.165) is 13.5 Å². The maximum atomic E-state index is 10.9. The molecule has 0 aromatic rings. The standard InChI is InChI=1S/C6H14NO4P/c1-3-4-7-6(8)5-12(9,10)11-2/h3-5H2,1-2H3,(H,7,8)(H,9,10). The summed E-state index contributed by atoms with van der Waals surface area (Å²) >= 11 is 0. The zero-order chi connectivity index (χ0) is 9.61. The Balaban J connectivity index is 3.76. The average Bonchev–Trinajstić information content (AvgIpc) is 2.00. The van der Waals surface area contributed by atoms with Gasteiger partial charge in [-0.1, -0.05) is 6.92 Å². The smallest absolute Gasteiger partial charge is 0.337 e. The maximum absolute atomic E-state index is 10.9. The Hall–Kier alpha value is -0.380. The van der Waals surface area contributed by atoms with Crippen LogP contribution in [-0.2, 0) is 13.9 Å². The summed E-state index contributed by atoms with van der Waals surface area (Å²) in [4.78, 5) is 19.7. The van der Waals surface area contributed by atoms with Gasteiger partial charge in [0.25, 0.3) is 0 Å². The van der Waals surface area contributed by atoms with Crippen molar-refractivity contribution in [2.75, 3.05) is 19.8 Å². The summed E-state index contributed by atoms with van der Waals surface area (Å²) in [5.41, 5.74) is 0. The van der Waals surface area contributed by atoms with Crippen LogP contribution in [0.2, 0.25) is 0 Å². The fourth-order valence-electron chi connectivity index (χ4n) is 0.566. The SMILES string of the molecule is CCCNC(=O)CP(=O)(O)OC. The van der Waals surface area contributed by atoms with Gasteiger partial charge in [-0.3, -0.25) is 9.36 Å². The molecule has 0 fully saturated rings. The van der Waals surface area contributed by atoms with E-state index in [1.807, 2.05) is 6.92 Å². The van der Waals surface area contributed by atoms with Gasteiger partial charge in [0.1, 0.15) is 6.16 Å². The second-order valence-electron chi connectivity index (χ2n) is 2.33. The van der Waals surface area contributed by atoms with E-state index in [-0.39, 0.29) is 0 Å². The lowest BCUT2D eigenvalue weighted by Gasteiger charge is -2.07. The van der Waals surface area contributed by atoms with Crippen molar-refractivity contribution in [2.24, 2.45) is 0 Å². The Morgan fingerprint density at radius 2 is 2.25 bits per heavy atom. The fourth-order valence-corrected chi connectivity index (χ4v) is 1.17. The zero-order valence-corrected chi connectivity index (χ0v) is 8.13. The topological polar surface area (TPSA) is 75.6 Å². The van der Waals surface area contributed by atoms with Gasteiger partial charge in [0.2, 0.25) is 5.91 Å². The van der Waals surface area contributed by atoms with Gasteiger partial charge in [0.15, 0.2) is 0 Å². The number of hydrogen-bond acceptors (Lipinski definition) is 3. The minimum atomic E-state index is -3.68. The molecule has 0 aromatic carbocycles. The molecule has 1 atom stereocenters. The van der Waals surface area contributed by atoms with Gasteiger partial charge < -0.3 is 14.7 Å². The predicted molar refractivity (Wildman–Crippen MR) is 45.0 cm³/mol. The molecule has 0 saturated carbocycles. The first-order chi connectivity index (χ1) is 5.52. The lowest BCUT2D eigenvalue weighted by Crippen LogP contribution is -2.27. The van der Waals surface area contributed by atoms with Gasteiger partial charge >= 0.3 is 7.60 Å². The Morgan fingerprint density at radius 1 is 1.67 bits per heavy atom. The third-order valence-electron chi connectivity index (χ3n) is 1.20. The van der Waals surface area contributed by atoms with Crippen molar-refractivity contribution in [1.82, 2.24) is 5.32 Å². The first-order valence-electron chi connectivity index (χ1n) is 3.66. The summed E-state index contributed by atoms with van der Waals surface area (Å²) in [7, 11) is -2.58. The molecule has 0 aliphatic carbocycles. The Morgan fingerprint density at radius 3 is 2.67 bits per heavy atom. The molecule has 0 spiro atoms. The second-order valence-corrected chi connectivity index (χ2v) is 4.28. The van der Waals surface area contributed by atoms with E-state index in [1.54, 1.807) is 0 Å². The third-order valence-corrected chi connectivity index (χ3v) is 2.46. The monoisotopic (exact) mass is 195 g/mol. The highest BCUT2D eigenvalue weighted by Gasteiger charge is 2.21. The molecular formula is C6H14NO4P. The van der Waals surface area contributed by atoms with Crippen LogP contribution in [0.3, 0.4) is 0 Å². The number of nitrogens with one attached hydrogen (secondary N) is 1. The molecule has 0 heterocycles. The summed E-state index contributed by atoms with van der Waals surface area (Å²) in [6.45, 7) is 2.41. The number of hydrogen-bond donors (Lipinski definition) is 2. The first-order valence-corrected chi connectivity index (χ1v) is 5.42. The summed E-state index contributed by atoms with van der Waals surface area (Å²) < 4.78 is 15.1. The lowest BCUT2D eigenvalue weighted by atomic mass is 10.5. The van der Waals surface area contributed by atoms with Gasteiger partial charge in [-0.25, -0.2) is 0 Å². The van der Waals surface area contributed by atoms with Crippen molar-refractivity contribution in [3.8, 4) is 0 Å². The van der Waals surface area contributed by atoms with E-state index in [0.29, 0.717) is 6.54 Å². The average molecular weight is 195 g/mol. The van der Waals surface area contributed by atoms with Gasteiger partial charge in [-0.2, -0.15) is 0 Å². The van der Waals surface area contributed by atoms with Crippen molar-refractivity contribution in [3.05, 3.63) is 0 Å². The fraction of sp³-hybridized carbons (Fsp3) is 0.833. The molecular weight excluding hydrogens is 181 g/mol. The highest BCUT2D eigenvalue weighted by molar-refractivity contribution is 7.53. The number of carbonyl (C=O) groups is 1. The molecule has 6 heteroatoms. The van der Waals surface area contributed by atoms with E-state index < -0.39 is 19.7 Å². The Bertz CT molecular complexity index is 194. The lowest BCUT2D eigenvalue weighted by molar-refractivity contribution is -0.118. The number of amides is 1. The van der Waals surface area contributed by atoms with Crippen molar-refractivity contribution in [2.45, 2.75) is 13.3 Å². The summed E-state index contributed by atoms with van der Waals surface area (Å²) in [5, 5.41) is 2.47. The largest absolute Gasteiger partial charge is 0.356 e. The van der Waals surface area contributed by atoms with Gasteiger partial charge in [0, 0.05) is 13.7 Å². The molecule has 1 unspecified atom stereocenters. The normalized spacial score (nSPS) is 15.2. The van der Waals surface area contributed by atoms with Crippen molar-refractivity contribution in [1.29, 1.82) is 0 Å². The van der Waals surface area contributed by atoms with Crippen LogP contribution in [-0.4, -0.2) is 30.6 Å². The first kappa shape index (κ1) is 11.6. The Labute approximate surface area is 71.6 Å². The molecule has 0 rings (SSSR count). The van der Waals surface area contributed by atoms with Crippen LogP contribution in [0.4, 0.5) is 0 Å². The molecule has 72 valence electrons. The van der Waals surface area contributed by atoms with Crippen LogP contribution < -0.4 is 5.32 Å². The van der Waals surface area contributed by atoms with E-state index in [2.05, 4.69) is 9.84 Å². The highest BCUT2D eigenvalue weighted by atomic mass is 31.2. The van der Waals surface area contributed by atoms with E-state index >= 15 is 0 Å². The third kappa shape index (κ3) is 5.29. The quantitative estimate of drug-likeness (QED) is 0.620. The highest BCUT2D eigenvalue weighted by Crippen LogP contribution is 2.39. The predicted octanol–water partition coefficient (Wildman–Crippen LogP) is 0.344. The minimum Gasteiger partial charge on any atom is -0.356 e. The summed E-state index contributed by atoms with van der Waals surface area (Å²) in [6.07, 6.45) is 0.331. The number of rotatable bonds is 5. The molecule has 5 nitrogen and oxygen atoms in total. The molecule has 0 aliphatic rings. The van der Waals surface area contributed by atoms with Crippen LogP contribution in [0.1, 0.15) is 13.3 Å². The van der Waals surface area contributed by atoms with E-state index in [1.165, 1.54) is 0 Å². The van der Waals surface area contributed by atoms with Crippen molar-refractivity contribution in [3.63, 3.8) is 0 Å². The van der Waals surface area contributed by atoms with Gasteiger partial charge in [-0.15, -0.1) is 0 Å². The maximum Gasteiger partial charge on any atom is 0.337 e. The number of carbonyl (C=O) groups excluding carboxylic acids is 1. The molecule has 12 heavy (non-hydrogen) atoms. The molecule has 0 bridgehead atoms. The van der Waals surface area contributed by atoms with Crippen molar-refractivity contribution >= 4 is 13.5 Å². The zero-order valence-electron chi connectivity index (χ0n) is 7.24. The second kappa shape index (κ2) is 5.30. The van der Waals surface area contributed by atoms with E-state index in [4.69, 9.17) is 4.89 Å². The van der Waals surface area contributed by atoms with Crippen molar-refractivity contribution < 1.29 is 18.8 Å². The molecule has 0 aromatic heterocycles. The van der Waals surface area contributed by atoms with Gasteiger partial charge in [-0.05, 0) is 6.42 Å². The molecule has 2 N–H and O–H groups in total. The molecule has 1 amide bonds. The molecule has 0 saturated heterocycles. The molecule has 0 aliphatic heterocycles. The Kier molecular flexibility index (Phi) is 5.13. The van der Waals surface area contributed by atoms with Crippen LogP contribution in [0.25, 0.3) is 0 Å². The summed E-state index contributed by atoms with van der Waals surface area (Å²) in [6, 6.07) is 0. The van der Waals surface area contributed by atoms with E-state index in [9.17, 15) is 9.36 Å². The van der Waals surface area contributed by atoms with Crippen LogP contribution in [0, 0.1) is 0 Å². The van der Waals surface area contributed by atoms with Gasteiger partial charge in [0.05, 0.1) is 0 Å². The van der Waals surface area contributed by atoms with Crippen LogP contribution in [0.15, 0.2) is 0 Å². The minimum absolute atomic E-state index is 0.454. The summed E-state index contributed by atoms with van der Waals surface area (Å²) in [5.74, 6) is -0.454.